The molecule has 8 nitrogen and oxygen atoms in total. The molecular weight excluding hydrogens is 426 g/mol. The van der Waals surface area contributed by atoms with E-state index in [1.807, 2.05) is 31.4 Å². The molecule has 0 aliphatic carbocycles. The molecule has 2 N–H and O–H groups in total. The van der Waals surface area contributed by atoms with Crippen LogP contribution in [0.3, 0.4) is 0 Å². The highest BCUT2D eigenvalue weighted by Gasteiger charge is 2.31. The highest BCUT2D eigenvalue weighted by atomic mass is 32.2. The molecule has 3 aromatic rings. The predicted octanol–water partition coefficient (Wildman–Crippen LogP) is 3.42. The number of nitrogens with one attached hydrogen (secondary N) is 2. The van der Waals surface area contributed by atoms with Crippen molar-refractivity contribution in [1.29, 1.82) is 0 Å². The van der Waals surface area contributed by atoms with Crippen molar-refractivity contribution in [3.05, 3.63) is 71.8 Å². The lowest BCUT2D eigenvalue weighted by atomic mass is 10.0. The lowest BCUT2D eigenvalue weighted by Crippen LogP contribution is -2.25. The number of carbonyl (C=O) groups excluding carboxylic acids is 3. The summed E-state index contributed by atoms with van der Waals surface area (Å²) < 4.78 is 1.72. The molecule has 2 aromatic heterocycles. The Kier molecular flexibility index (Phi) is 6.18. The van der Waals surface area contributed by atoms with Crippen LogP contribution in [0.5, 0.6) is 0 Å². The third-order valence-electron chi connectivity index (χ3n) is 5.00. The fraction of sp³-hybridized carbons (Fsp3) is 0.174. The maximum atomic E-state index is 12.7. The number of pyridine rings is 1. The molecule has 1 unspecified atom stereocenters. The average molecular weight is 448 g/mol. The van der Waals surface area contributed by atoms with Gasteiger partial charge < -0.3 is 5.32 Å². The topological polar surface area (TPSA) is 106 Å². The van der Waals surface area contributed by atoms with Gasteiger partial charge in [-0.3, -0.25) is 29.4 Å². The molecule has 9 heteroatoms. The van der Waals surface area contributed by atoms with Crippen molar-refractivity contribution < 1.29 is 14.4 Å². The van der Waals surface area contributed by atoms with Gasteiger partial charge in [-0.05, 0) is 48.7 Å². The van der Waals surface area contributed by atoms with Crippen molar-refractivity contribution in [3.8, 4) is 11.1 Å². The van der Waals surface area contributed by atoms with Gasteiger partial charge in [-0.1, -0.05) is 23.9 Å². The first-order chi connectivity index (χ1) is 15.4. The molecule has 162 valence electrons. The van der Waals surface area contributed by atoms with Gasteiger partial charge in [0.05, 0.1) is 11.4 Å². The van der Waals surface area contributed by atoms with Crippen LogP contribution < -0.4 is 10.6 Å². The Morgan fingerprint density at radius 3 is 2.66 bits per heavy atom. The lowest BCUT2D eigenvalue weighted by Gasteiger charge is -2.09. The van der Waals surface area contributed by atoms with Crippen molar-refractivity contribution in [2.75, 3.05) is 5.32 Å². The quantitative estimate of drug-likeness (QED) is 0.561. The number of anilines is 1. The number of aromatic nitrogens is 3. The van der Waals surface area contributed by atoms with Gasteiger partial charge in [0.15, 0.2) is 0 Å². The summed E-state index contributed by atoms with van der Waals surface area (Å²) in [6, 6.07) is 9.14. The first kappa shape index (κ1) is 21.5. The van der Waals surface area contributed by atoms with Crippen molar-refractivity contribution in [2.24, 2.45) is 7.05 Å². The molecular formula is C23H21N5O3S. The van der Waals surface area contributed by atoms with E-state index in [1.165, 1.54) is 0 Å². The molecule has 4 rings (SSSR count). The Morgan fingerprint density at radius 1 is 1.22 bits per heavy atom. The van der Waals surface area contributed by atoms with Gasteiger partial charge in [-0.2, -0.15) is 5.10 Å². The minimum Gasteiger partial charge on any atom is -0.322 e. The van der Waals surface area contributed by atoms with Crippen LogP contribution in [0.1, 0.15) is 18.1 Å². The Morgan fingerprint density at radius 2 is 2.00 bits per heavy atom. The number of thioether (sulfide) groups is 1. The molecule has 0 saturated carbocycles. The molecule has 1 aliphatic rings. The fourth-order valence-electron chi connectivity index (χ4n) is 3.34. The molecule has 1 aromatic carbocycles. The molecule has 0 radical (unpaired) electrons. The number of amides is 3. The molecule has 3 amide bonds. The van der Waals surface area contributed by atoms with E-state index < -0.39 is 5.25 Å². The summed E-state index contributed by atoms with van der Waals surface area (Å²) in [4.78, 5) is 39.9. The highest BCUT2D eigenvalue weighted by Crippen LogP contribution is 2.25. The van der Waals surface area contributed by atoms with Gasteiger partial charge in [0.1, 0.15) is 0 Å². The van der Waals surface area contributed by atoms with Gasteiger partial charge in [0.25, 0.3) is 11.1 Å². The molecule has 3 heterocycles. The Balaban J connectivity index is 1.44. The third kappa shape index (κ3) is 4.94. The standard InChI is InChI=1S/C23H21N5O3S/c1-14(9-16-11-24-8-7-19(16)17-12-25-28(2)13-17)21(29)26-18-5-3-15(4-6-18)10-20-22(30)27-23(31)32-20/h3-9,11-13,20H,10H2,1-2H3,(H,26,29)(H,27,30,31)/b14-9+. The van der Waals surface area contributed by atoms with Crippen LogP contribution in [-0.4, -0.2) is 37.1 Å². The van der Waals surface area contributed by atoms with Crippen LogP contribution in [-0.2, 0) is 23.1 Å². The van der Waals surface area contributed by atoms with E-state index in [2.05, 4.69) is 20.7 Å². The molecule has 32 heavy (non-hydrogen) atoms. The number of aryl methyl sites for hydroxylation is 1. The molecule has 1 atom stereocenters. The second kappa shape index (κ2) is 9.19. The van der Waals surface area contributed by atoms with Crippen molar-refractivity contribution in [3.63, 3.8) is 0 Å². The van der Waals surface area contributed by atoms with Gasteiger partial charge >= 0.3 is 0 Å². The Bertz CT molecular complexity index is 1220. The maximum Gasteiger partial charge on any atom is 0.286 e. The van der Waals surface area contributed by atoms with E-state index in [0.717, 1.165) is 34.0 Å². The van der Waals surface area contributed by atoms with Gasteiger partial charge in [0, 0.05) is 48.0 Å². The number of carbonyl (C=O) groups is 3. The summed E-state index contributed by atoms with van der Waals surface area (Å²) in [5.41, 5.74) is 4.80. The van der Waals surface area contributed by atoms with E-state index in [9.17, 15) is 14.4 Å². The van der Waals surface area contributed by atoms with Gasteiger partial charge in [-0.25, -0.2) is 0 Å². The maximum absolute atomic E-state index is 12.7. The third-order valence-corrected chi connectivity index (χ3v) is 5.98. The monoisotopic (exact) mass is 447 g/mol. The molecule has 0 bridgehead atoms. The second-order valence-electron chi connectivity index (χ2n) is 7.43. The lowest BCUT2D eigenvalue weighted by molar-refractivity contribution is -0.119. The van der Waals surface area contributed by atoms with Gasteiger partial charge in [-0.15, -0.1) is 0 Å². The largest absolute Gasteiger partial charge is 0.322 e. The Labute approximate surface area is 189 Å². The molecule has 1 fully saturated rings. The van der Waals surface area contributed by atoms with E-state index >= 15 is 0 Å². The van der Waals surface area contributed by atoms with E-state index in [4.69, 9.17) is 0 Å². The number of nitrogens with zero attached hydrogens (tertiary/aromatic N) is 3. The predicted molar refractivity (Wildman–Crippen MR) is 124 cm³/mol. The number of imide groups is 1. The van der Waals surface area contributed by atoms with Gasteiger partial charge in [0.2, 0.25) is 5.91 Å². The number of hydrogen-bond acceptors (Lipinski definition) is 6. The number of hydrogen-bond donors (Lipinski definition) is 2. The number of rotatable bonds is 6. The molecule has 0 spiro atoms. The summed E-state index contributed by atoms with van der Waals surface area (Å²) in [5.74, 6) is -0.491. The average Bonchev–Trinajstić information content (AvgIpc) is 3.34. The smallest absolute Gasteiger partial charge is 0.286 e. The first-order valence-electron chi connectivity index (χ1n) is 9.92. The highest BCUT2D eigenvalue weighted by molar-refractivity contribution is 8.15. The zero-order valence-corrected chi connectivity index (χ0v) is 18.3. The van der Waals surface area contributed by atoms with Crippen LogP contribution in [0.2, 0.25) is 0 Å². The van der Waals surface area contributed by atoms with E-state index in [-0.39, 0.29) is 17.1 Å². The van der Waals surface area contributed by atoms with Crippen LogP contribution in [0.15, 0.2) is 60.7 Å². The summed E-state index contributed by atoms with van der Waals surface area (Å²) in [7, 11) is 1.85. The summed E-state index contributed by atoms with van der Waals surface area (Å²) >= 11 is 1.00. The van der Waals surface area contributed by atoms with Crippen LogP contribution in [0.4, 0.5) is 10.5 Å². The van der Waals surface area contributed by atoms with Crippen LogP contribution in [0.25, 0.3) is 17.2 Å². The van der Waals surface area contributed by atoms with Crippen molar-refractivity contribution in [2.45, 2.75) is 18.6 Å². The minimum absolute atomic E-state index is 0.227. The summed E-state index contributed by atoms with van der Waals surface area (Å²) in [6.45, 7) is 1.75. The van der Waals surface area contributed by atoms with Crippen molar-refractivity contribution in [1.82, 2.24) is 20.1 Å². The molecule has 1 aliphatic heterocycles. The normalized spacial score (nSPS) is 16.2. The van der Waals surface area contributed by atoms with E-state index in [1.54, 1.807) is 48.4 Å². The first-order valence-corrected chi connectivity index (χ1v) is 10.8. The summed E-state index contributed by atoms with van der Waals surface area (Å²) in [6.07, 6.45) is 9.36. The van der Waals surface area contributed by atoms with E-state index in [0.29, 0.717) is 17.7 Å². The zero-order valence-electron chi connectivity index (χ0n) is 17.5. The second-order valence-corrected chi connectivity index (χ2v) is 8.61. The number of benzene rings is 1. The van der Waals surface area contributed by atoms with Crippen LogP contribution >= 0.6 is 11.8 Å². The summed E-state index contributed by atoms with van der Waals surface area (Å²) in [5, 5.41) is 8.64. The zero-order chi connectivity index (χ0) is 22.7. The van der Waals surface area contributed by atoms with Crippen LogP contribution in [0, 0.1) is 0 Å². The molecule has 1 saturated heterocycles. The van der Waals surface area contributed by atoms with Crippen molar-refractivity contribution >= 4 is 40.6 Å². The minimum atomic E-state index is -0.415. The SMILES string of the molecule is C/C(=C\c1cnccc1-c1cnn(C)c1)C(=O)Nc1ccc(CC2SC(=O)NC2=O)cc1. The Hall–Kier alpha value is -3.72. The fourth-order valence-corrected chi connectivity index (χ4v) is 4.20.